The van der Waals surface area contributed by atoms with Crippen LogP contribution >= 0.6 is 0 Å². The standard InChI is InChI=1S/C16H34N4O3S/c1-5-17-15(19-8-14-24(21,22)16(2,3)4)18-7-6-9-20-10-12-23-13-11-20/h5-14H2,1-4H3,(H2,17,18,19). The van der Waals surface area contributed by atoms with Crippen molar-refractivity contribution >= 4 is 15.8 Å². The van der Waals surface area contributed by atoms with Gasteiger partial charge in [-0.1, -0.05) is 0 Å². The van der Waals surface area contributed by atoms with E-state index in [1.54, 1.807) is 20.8 Å². The summed E-state index contributed by atoms with van der Waals surface area (Å²) in [7, 11) is -3.11. The van der Waals surface area contributed by atoms with Gasteiger partial charge < -0.3 is 15.4 Å². The number of nitrogens with zero attached hydrogens (tertiary/aromatic N) is 2. The van der Waals surface area contributed by atoms with Crippen LogP contribution in [0.25, 0.3) is 0 Å². The highest BCUT2D eigenvalue weighted by molar-refractivity contribution is 7.92. The van der Waals surface area contributed by atoms with Crippen LogP contribution in [-0.4, -0.2) is 82.3 Å². The van der Waals surface area contributed by atoms with E-state index < -0.39 is 14.6 Å². The zero-order valence-electron chi connectivity index (χ0n) is 15.6. The Hall–Kier alpha value is -0.860. The van der Waals surface area contributed by atoms with Crippen molar-refractivity contribution in [2.45, 2.75) is 38.9 Å². The van der Waals surface area contributed by atoms with Crippen LogP contribution in [0.15, 0.2) is 4.99 Å². The highest BCUT2D eigenvalue weighted by Gasteiger charge is 2.28. The van der Waals surface area contributed by atoms with Gasteiger partial charge in [-0.25, -0.2) is 8.42 Å². The molecule has 0 spiro atoms. The smallest absolute Gasteiger partial charge is 0.191 e. The van der Waals surface area contributed by atoms with Crippen LogP contribution in [-0.2, 0) is 14.6 Å². The van der Waals surface area contributed by atoms with Crippen molar-refractivity contribution in [3.63, 3.8) is 0 Å². The number of sulfone groups is 1. The summed E-state index contributed by atoms with van der Waals surface area (Å²) in [5, 5.41) is 6.27. The Kier molecular flexibility index (Phi) is 9.01. The largest absolute Gasteiger partial charge is 0.379 e. The van der Waals surface area contributed by atoms with Gasteiger partial charge in [0.05, 0.1) is 23.7 Å². The van der Waals surface area contributed by atoms with E-state index in [9.17, 15) is 8.42 Å². The van der Waals surface area contributed by atoms with Gasteiger partial charge in [0.2, 0.25) is 0 Å². The van der Waals surface area contributed by atoms with E-state index in [0.29, 0.717) is 12.5 Å². The lowest BCUT2D eigenvalue weighted by Gasteiger charge is -2.26. The molecule has 0 radical (unpaired) electrons. The molecule has 0 atom stereocenters. The maximum absolute atomic E-state index is 12.1. The summed E-state index contributed by atoms with van der Waals surface area (Å²) in [6.07, 6.45) is 0.983. The van der Waals surface area contributed by atoms with Gasteiger partial charge in [-0.15, -0.1) is 0 Å². The van der Waals surface area contributed by atoms with E-state index in [-0.39, 0.29) is 5.75 Å². The minimum Gasteiger partial charge on any atom is -0.379 e. The average Bonchev–Trinajstić information content (AvgIpc) is 2.51. The van der Waals surface area contributed by atoms with E-state index in [1.165, 1.54) is 0 Å². The van der Waals surface area contributed by atoms with E-state index in [2.05, 4.69) is 20.5 Å². The van der Waals surface area contributed by atoms with Crippen molar-refractivity contribution in [1.82, 2.24) is 15.5 Å². The normalized spacial score (nSPS) is 17.8. The lowest BCUT2D eigenvalue weighted by atomic mass is 10.3. The maximum Gasteiger partial charge on any atom is 0.191 e. The molecular weight excluding hydrogens is 328 g/mol. The van der Waals surface area contributed by atoms with Crippen molar-refractivity contribution in [2.24, 2.45) is 4.99 Å². The summed E-state index contributed by atoms with van der Waals surface area (Å²) in [5.41, 5.74) is 0. The summed E-state index contributed by atoms with van der Waals surface area (Å²) >= 11 is 0. The van der Waals surface area contributed by atoms with Gasteiger partial charge in [0.15, 0.2) is 15.8 Å². The molecule has 1 rings (SSSR count). The Bertz CT molecular complexity index is 480. The molecule has 1 saturated heterocycles. The molecule has 0 unspecified atom stereocenters. The third-order valence-electron chi connectivity index (χ3n) is 3.95. The first-order valence-electron chi connectivity index (χ1n) is 8.81. The highest BCUT2D eigenvalue weighted by atomic mass is 32.2. The fourth-order valence-corrected chi connectivity index (χ4v) is 3.24. The van der Waals surface area contributed by atoms with Gasteiger partial charge in [-0.2, -0.15) is 0 Å². The van der Waals surface area contributed by atoms with Crippen LogP contribution in [0.1, 0.15) is 34.1 Å². The number of aliphatic imine (C=N–C) groups is 1. The van der Waals surface area contributed by atoms with Crippen LogP contribution in [0.3, 0.4) is 0 Å². The van der Waals surface area contributed by atoms with Crippen molar-refractivity contribution in [3.05, 3.63) is 0 Å². The number of ether oxygens (including phenoxy) is 1. The number of hydrogen-bond acceptors (Lipinski definition) is 5. The van der Waals surface area contributed by atoms with Gasteiger partial charge in [0, 0.05) is 39.3 Å². The molecule has 142 valence electrons. The number of guanidine groups is 1. The SMILES string of the molecule is CCNC(=NCCCN1CCOCC1)NCCS(=O)(=O)C(C)(C)C. The summed E-state index contributed by atoms with van der Waals surface area (Å²) in [5.74, 6) is 0.790. The van der Waals surface area contributed by atoms with Crippen LogP contribution < -0.4 is 10.6 Å². The number of nitrogens with one attached hydrogen (secondary N) is 2. The molecule has 0 aliphatic carbocycles. The van der Waals surface area contributed by atoms with Gasteiger partial charge in [0.25, 0.3) is 0 Å². The summed E-state index contributed by atoms with van der Waals surface area (Å²) in [4.78, 5) is 6.91. The van der Waals surface area contributed by atoms with Gasteiger partial charge in [-0.3, -0.25) is 9.89 Å². The second-order valence-corrected chi connectivity index (χ2v) is 9.79. The quantitative estimate of drug-likeness (QED) is 0.371. The average molecular weight is 363 g/mol. The zero-order chi connectivity index (χ0) is 18.1. The van der Waals surface area contributed by atoms with Crippen LogP contribution in [0, 0.1) is 0 Å². The predicted molar refractivity (Wildman–Crippen MR) is 99.4 cm³/mol. The lowest BCUT2D eigenvalue weighted by molar-refractivity contribution is 0.0377. The molecule has 2 N–H and O–H groups in total. The zero-order valence-corrected chi connectivity index (χ0v) is 16.4. The third kappa shape index (κ3) is 7.81. The van der Waals surface area contributed by atoms with Gasteiger partial charge in [0.1, 0.15) is 0 Å². The molecule has 0 amide bonds. The van der Waals surface area contributed by atoms with Crippen molar-refractivity contribution in [3.8, 4) is 0 Å². The Balaban J connectivity index is 2.34. The molecule has 0 aromatic heterocycles. The molecule has 0 bridgehead atoms. The van der Waals surface area contributed by atoms with Crippen molar-refractivity contribution in [2.75, 3.05) is 58.2 Å². The van der Waals surface area contributed by atoms with Crippen LogP contribution in [0.2, 0.25) is 0 Å². The lowest BCUT2D eigenvalue weighted by Crippen LogP contribution is -2.42. The minimum absolute atomic E-state index is 0.106. The number of morpholine rings is 1. The van der Waals surface area contributed by atoms with E-state index in [0.717, 1.165) is 52.4 Å². The first kappa shape index (κ1) is 21.2. The second kappa shape index (κ2) is 10.2. The molecule has 0 aromatic rings. The highest BCUT2D eigenvalue weighted by Crippen LogP contribution is 2.15. The first-order valence-corrected chi connectivity index (χ1v) is 10.5. The topological polar surface area (TPSA) is 83.0 Å². The molecule has 7 nitrogen and oxygen atoms in total. The van der Waals surface area contributed by atoms with Gasteiger partial charge >= 0.3 is 0 Å². The molecule has 0 saturated carbocycles. The molecule has 0 aromatic carbocycles. The maximum atomic E-state index is 12.1. The Morgan fingerprint density at radius 1 is 1.21 bits per heavy atom. The van der Waals surface area contributed by atoms with E-state index in [1.807, 2.05) is 6.92 Å². The first-order chi connectivity index (χ1) is 11.3. The molecular formula is C16H34N4O3S. The van der Waals surface area contributed by atoms with Crippen molar-refractivity contribution in [1.29, 1.82) is 0 Å². The fraction of sp³-hybridized carbons (Fsp3) is 0.938. The third-order valence-corrected chi connectivity index (χ3v) is 6.55. The van der Waals surface area contributed by atoms with Gasteiger partial charge in [-0.05, 0) is 34.1 Å². The molecule has 1 fully saturated rings. The summed E-state index contributed by atoms with van der Waals surface area (Å²) in [6.45, 7) is 13.7. The van der Waals surface area contributed by atoms with Crippen molar-refractivity contribution < 1.29 is 13.2 Å². The van der Waals surface area contributed by atoms with Crippen LogP contribution in [0.5, 0.6) is 0 Å². The number of rotatable bonds is 8. The Morgan fingerprint density at radius 2 is 1.88 bits per heavy atom. The molecule has 8 heteroatoms. The summed E-state index contributed by atoms with van der Waals surface area (Å²) < 4.78 is 28.8. The molecule has 1 heterocycles. The second-order valence-electron chi connectivity index (χ2n) is 6.93. The monoisotopic (exact) mass is 362 g/mol. The molecule has 1 aliphatic heterocycles. The van der Waals surface area contributed by atoms with E-state index in [4.69, 9.17) is 4.74 Å². The fourth-order valence-electron chi connectivity index (χ4n) is 2.26. The van der Waals surface area contributed by atoms with Crippen LogP contribution in [0.4, 0.5) is 0 Å². The Morgan fingerprint density at radius 3 is 2.46 bits per heavy atom. The molecule has 1 aliphatic rings. The van der Waals surface area contributed by atoms with E-state index >= 15 is 0 Å². The summed E-state index contributed by atoms with van der Waals surface area (Å²) in [6, 6.07) is 0. The predicted octanol–water partition coefficient (Wildman–Crippen LogP) is 0.477. The minimum atomic E-state index is -3.11. The number of hydrogen-bond donors (Lipinski definition) is 2. The molecule has 24 heavy (non-hydrogen) atoms. The Labute approximate surface area is 147 Å².